The van der Waals surface area contributed by atoms with Gasteiger partial charge in [-0.2, -0.15) is 10.1 Å². The Bertz CT molecular complexity index is 1190. The second-order valence-electron chi connectivity index (χ2n) is 6.75. The number of hydrogen-bond donors (Lipinski definition) is 1. The number of aromatic nitrogens is 5. The van der Waals surface area contributed by atoms with Gasteiger partial charge in [-0.05, 0) is 62.2 Å². The van der Waals surface area contributed by atoms with E-state index in [4.69, 9.17) is 0 Å². The summed E-state index contributed by atoms with van der Waals surface area (Å²) >= 11 is 0. The molecule has 142 valence electrons. The molecule has 28 heavy (non-hydrogen) atoms. The molecule has 0 aliphatic carbocycles. The van der Waals surface area contributed by atoms with Crippen LogP contribution in [-0.2, 0) is 11.3 Å². The topological polar surface area (TPSA) is 77.1 Å². The third-order valence-electron chi connectivity index (χ3n) is 4.49. The maximum Gasteiger partial charge on any atom is 0.249 e. The van der Waals surface area contributed by atoms with E-state index in [9.17, 15) is 9.18 Å². The fourth-order valence-electron chi connectivity index (χ4n) is 3.14. The van der Waals surface area contributed by atoms with Crippen LogP contribution in [0.3, 0.4) is 0 Å². The first-order valence-corrected chi connectivity index (χ1v) is 8.83. The molecule has 4 rings (SSSR count). The standard InChI is InChI=1S/C20H19FN6O/c1-12-4-6-16(21)9-17(12)15-5-7-18-22-20(25-27(18)10-15)23-19(28)11-26-14(3)8-13(2)24-26/h4-10H,11H2,1-3H3,(H,23,25,28). The van der Waals surface area contributed by atoms with E-state index in [1.54, 1.807) is 27.5 Å². The third-order valence-corrected chi connectivity index (χ3v) is 4.49. The van der Waals surface area contributed by atoms with E-state index in [0.29, 0.717) is 5.65 Å². The highest BCUT2D eigenvalue weighted by Gasteiger charge is 2.12. The van der Waals surface area contributed by atoms with Crippen molar-refractivity contribution in [3.8, 4) is 11.1 Å². The lowest BCUT2D eigenvalue weighted by molar-refractivity contribution is -0.117. The molecule has 1 N–H and O–H groups in total. The van der Waals surface area contributed by atoms with Gasteiger partial charge in [-0.15, -0.1) is 5.10 Å². The van der Waals surface area contributed by atoms with Crippen molar-refractivity contribution in [1.82, 2.24) is 24.4 Å². The molecule has 8 heteroatoms. The first-order valence-electron chi connectivity index (χ1n) is 8.83. The van der Waals surface area contributed by atoms with E-state index in [-0.39, 0.29) is 24.2 Å². The normalized spacial score (nSPS) is 11.1. The largest absolute Gasteiger partial charge is 0.292 e. The number of fused-ring (bicyclic) bond motifs is 1. The monoisotopic (exact) mass is 378 g/mol. The van der Waals surface area contributed by atoms with Crippen LogP contribution in [0.4, 0.5) is 10.3 Å². The number of amides is 1. The van der Waals surface area contributed by atoms with Crippen LogP contribution in [0, 0.1) is 26.6 Å². The van der Waals surface area contributed by atoms with Crippen LogP contribution in [0.1, 0.15) is 17.0 Å². The molecule has 4 aromatic rings. The van der Waals surface area contributed by atoms with Gasteiger partial charge in [-0.25, -0.2) is 8.91 Å². The highest BCUT2D eigenvalue weighted by atomic mass is 19.1. The predicted octanol–water partition coefficient (Wildman–Crippen LogP) is 3.30. The minimum Gasteiger partial charge on any atom is -0.292 e. The number of aryl methyl sites for hydroxylation is 3. The Morgan fingerprint density at radius 2 is 1.93 bits per heavy atom. The van der Waals surface area contributed by atoms with E-state index in [1.807, 2.05) is 32.9 Å². The number of rotatable bonds is 4. The van der Waals surface area contributed by atoms with Crippen molar-refractivity contribution in [1.29, 1.82) is 0 Å². The molecular weight excluding hydrogens is 359 g/mol. The van der Waals surface area contributed by atoms with Crippen molar-refractivity contribution < 1.29 is 9.18 Å². The van der Waals surface area contributed by atoms with Crippen LogP contribution in [0.2, 0.25) is 0 Å². The molecule has 0 saturated carbocycles. The fourth-order valence-corrected chi connectivity index (χ4v) is 3.14. The zero-order valence-corrected chi connectivity index (χ0v) is 15.8. The highest BCUT2D eigenvalue weighted by molar-refractivity contribution is 5.89. The lowest BCUT2D eigenvalue weighted by atomic mass is 10.0. The summed E-state index contributed by atoms with van der Waals surface area (Å²) in [5.41, 5.74) is 4.91. The highest BCUT2D eigenvalue weighted by Crippen LogP contribution is 2.24. The molecule has 0 aliphatic rings. The Kier molecular flexibility index (Phi) is 4.38. The number of pyridine rings is 1. The van der Waals surface area contributed by atoms with Crippen LogP contribution in [0.5, 0.6) is 0 Å². The van der Waals surface area contributed by atoms with E-state index in [2.05, 4.69) is 20.5 Å². The molecule has 7 nitrogen and oxygen atoms in total. The second-order valence-corrected chi connectivity index (χ2v) is 6.75. The summed E-state index contributed by atoms with van der Waals surface area (Å²) < 4.78 is 16.8. The summed E-state index contributed by atoms with van der Waals surface area (Å²) in [4.78, 5) is 16.6. The first kappa shape index (κ1) is 17.8. The van der Waals surface area contributed by atoms with E-state index >= 15 is 0 Å². The van der Waals surface area contributed by atoms with E-state index in [1.165, 1.54) is 12.1 Å². The van der Waals surface area contributed by atoms with Crippen LogP contribution in [0.25, 0.3) is 16.8 Å². The number of hydrogen-bond acceptors (Lipinski definition) is 4. The van der Waals surface area contributed by atoms with Gasteiger partial charge >= 0.3 is 0 Å². The SMILES string of the molecule is Cc1cc(C)n(CC(=O)Nc2nc3ccc(-c4cc(F)ccc4C)cn3n2)n1. The van der Waals surface area contributed by atoms with Gasteiger partial charge in [0.25, 0.3) is 0 Å². The number of carbonyl (C=O) groups excluding carboxylic acids is 1. The van der Waals surface area contributed by atoms with Crippen molar-refractivity contribution >= 4 is 17.5 Å². The molecule has 0 radical (unpaired) electrons. The number of nitrogens with one attached hydrogen (secondary N) is 1. The molecule has 3 aromatic heterocycles. The summed E-state index contributed by atoms with van der Waals surface area (Å²) in [6, 6.07) is 10.2. The average molecular weight is 378 g/mol. The smallest absolute Gasteiger partial charge is 0.249 e. The van der Waals surface area contributed by atoms with Crippen LogP contribution >= 0.6 is 0 Å². The second kappa shape index (κ2) is 6.88. The predicted molar refractivity (Wildman–Crippen MR) is 103 cm³/mol. The lowest BCUT2D eigenvalue weighted by Crippen LogP contribution is -2.21. The van der Waals surface area contributed by atoms with Gasteiger partial charge in [-0.3, -0.25) is 14.8 Å². The van der Waals surface area contributed by atoms with Gasteiger partial charge in [0.05, 0.1) is 5.69 Å². The zero-order valence-electron chi connectivity index (χ0n) is 15.8. The quantitative estimate of drug-likeness (QED) is 0.591. The molecule has 3 heterocycles. The molecule has 0 unspecified atom stereocenters. The minimum atomic E-state index is -0.295. The van der Waals surface area contributed by atoms with Gasteiger partial charge < -0.3 is 0 Å². The van der Waals surface area contributed by atoms with Gasteiger partial charge in [0.2, 0.25) is 11.9 Å². The fraction of sp³-hybridized carbons (Fsp3) is 0.200. The Labute approximate surface area is 160 Å². The van der Waals surface area contributed by atoms with Gasteiger partial charge in [0, 0.05) is 17.5 Å². The molecule has 1 aromatic carbocycles. The zero-order chi connectivity index (χ0) is 19.8. The number of benzene rings is 1. The van der Waals surface area contributed by atoms with Crippen LogP contribution in [0.15, 0.2) is 42.6 Å². The molecule has 1 amide bonds. The molecule has 0 bridgehead atoms. The molecule has 0 atom stereocenters. The Balaban J connectivity index is 1.57. The molecular formula is C20H19FN6O. The van der Waals surface area contributed by atoms with Crippen molar-refractivity contribution in [3.63, 3.8) is 0 Å². The average Bonchev–Trinajstić information content (AvgIpc) is 3.17. The Morgan fingerprint density at radius 3 is 2.68 bits per heavy atom. The maximum atomic E-state index is 13.6. The maximum absolute atomic E-state index is 13.6. The van der Waals surface area contributed by atoms with Crippen molar-refractivity contribution in [2.45, 2.75) is 27.3 Å². The summed E-state index contributed by atoms with van der Waals surface area (Å²) in [6.07, 6.45) is 1.76. The van der Waals surface area contributed by atoms with Gasteiger partial charge in [-0.1, -0.05) is 6.07 Å². The Morgan fingerprint density at radius 1 is 1.11 bits per heavy atom. The Hall–Kier alpha value is -3.55. The minimum absolute atomic E-state index is 0.0863. The van der Waals surface area contributed by atoms with Crippen molar-refractivity contribution in [2.75, 3.05) is 5.32 Å². The number of carbonyl (C=O) groups is 1. The third kappa shape index (κ3) is 3.48. The number of anilines is 1. The van der Waals surface area contributed by atoms with Gasteiger partial charge in [0.1, 0.15) is 12.4 Å². The van der Waals surface area contributed by atoms with Crippen LogP contribution in [-0.4, -0.2) is 30.3 Å². The van der Waals surface area contributed by atoms with Gasteiger partial charge in [0.15, 0.2) is 5.65 Å². The van der Waals surface area contributed by atoms with Crippen molar-refractivity contribution in [3.05, 3.63) is 65.4 Å². The molecule has 0 spiro atoms. The lowest BCUT2D eigenvalue weighted by Gasteiger charge is -2.06. The summed E-state index contributed by atoms with van der Waals surface area (Å²) in [6.45, 7) is 5.78. The molecule has 0 fully saturated rings. The molecule has 0 aliphatic heterocycles. The summed E-state index contributed by atoms with van der Waals surface area (Å²) in [7, 11) is 0. The summed E-state index contributed by atoms with van der Waals surface area (Å²) in [5.74, 6) is -0.348. The van der Waals surface area contributed by atoms with E-state index in [0.717, 1.165) is 28.1 Å². The number of nitrogens with zero attached hydrogens (tertiary/aromatic N) is 5. The summed E-state index contributed by atoms with van der Waals surface area (Å²) in [5, 5.41) is 11.3. The number of halogens is 1. The van der Waals surface area contributed by atoms with E-state index < -0.39 is 0 Å². The first-order chi connectivity index (χ1) is 13.4. The van der Waals surface area contributed by atoms with Crippen LogP contribution < -0.4 is 5.32 Å². The molecule has 0 saturated heterocycles. The van der Waals surface area contributed by atoms with Crippen molar-refractivity contribution in [2.24, 2.45) is 0 Å².